The summed E-state index contributed by atoms with van der Waals surface area (Å²) in [5, 5.41) is 0. The molecule has 20 heavy (non-hydrogen) atoms. The van der Waals surface area contributed by atoms with Crippen LogP contribution in [0.4, 0.5) is 17.6 Å². The highest BCUT2D eigenvalue weighted by Crippen LogP contribution is 2.35. The summed E-state index contributed by atoms with van der Waals surface area (Å²) in [5.41, 5.74) is 4.62. The van der Waals surface area contributed by atoms with E-state index < -0.39 is 17.6 Å². The highest BCUT2D eigenvalue weighted by Gasteiger charge is 2.34. The number of nitrogens with zero attached hydrogens (tertiary/aromatic N) is 1. The van der Waals surface area contributed by atoms with Crippen LogP contribution in [0.3, 0.4) is 0 Å². The van der Waals surface area contributed by atoms with Gasteiger partial charge in [-0.25, -0.2) is 4.39 Å². The van der Waals surface area contributed by atoms with E-state index in [0.29, 0.717) is 17.7 Å². The first-order chi connectivity index (χ1) is 9.41. The zero-order valence-corrected chi connectivity index (χ0v) is 10.1. The Morgan fingerprint density at radius 1 is 1.20 bits per heavy atom. The van der Waals surface area contributed by atoms with Gasteiger partial charge >= 0.3 is 6.18 Å². The predicted octanol–water partition coefficient (Wildman–Crippen LogP) is 3.49. The molecule has 1 aromatic carbocycles. The predicted molar refractivity (Wildman–Crippen MR) is 63.6 cm³/mol. The fraction of sp³-hybridized carbons (Fsp3) is 0.154. The molecule has 106 valence electrons. The van der Waals surface area contributed by atoms with Gasteiger partial charge < -0.3 is 10.5 Å². The zero-order valence-electron chi connectivity index (χ0n) is 10.1. The molecule has 0 saturated carbocycles. The first kappa shape index (κ1) is 14.3. The molecule has 1 aromatic heterocycles. The van der Waals surface area contributed by atoms with Gasteiger partial charge in [0.15, 0.2) is 0 Å². The Balaban J connectivity index is 2.35. The number of benzene rings is 1. The summed E-state index contributed by atoms with van der Waals surface area (Å²) in [6.45, 7) is 0.122. The maximum absolute atomic E-state index is 13.1. The Hall–Kier alpha value is -2.15. The lowest BCUT2D eigenvalue weighted by Crippen LogP contribution is -2.08. The number of rotatable bonds is 3. The van der Waals surface area contributed by atoms with Gasteiger partial charge in [0, 0.05) is 24.5 Å². The number of nitrogens with two attached hydrogens (primary N) is 1. The minimum atomic E-state index is -4.78. The molecule has 0 unspecified atom stereocenters. The zero-order chi connectivity index (χ0) is 14.8. The molecule has 1 heterocycles. The van der Waals surface area contributed by atoms with E-state index in [4.69, 9.17) is 10.5 Å². The van der Waals surface area contributed by atoms with Crippen molar-refractivity contribution in [3.8, 4) is 11.5 Å². The minimum absolute atomic E-state index is 0.122. The van der Waals surface area contributed by atoms with E-state index >= 15 is 0 Å². The summed E-state index contributed by atoms with van der Waals surface area (Å²) < 4.78 is 56.2. The third kappa shape index (κ3) is 3.05. The maximum atomic E-state index is 13.1. The van der Waals surface area contributed by atoms with Gasteiger partial charge in [0.25, 0.3) is 0 Å². The summed E-state index contributed by atoms with van der Waals surface area (Å²) in [6, 6.07) is 3.90. The Morgan fingerprint density at radius 2 is 1.95 bits per heavy atom. The molecule has 0 bridgehead atoms. The molecule has 0 radical (unpaired) electrons. The Morgan fingerprint density at radius 3 is 2.60 bits per heavy atom. The minimum Gasteiger partial charge on any atom is -0.457 e. The van der Waals surface area contributed by atoms with Crippen molar-refractivity contribution in [3.05, 3.63) is 53.6 Å². The van der Waals surface area contributed by atoms with Crippen LogP contribution in [0.25, 0.3) is 0 Å². The topological polar surface area (TPSA) is 48.1 Å². The van der Waals surface area contributed by atoms with Crippen LogP contribution < -0.4 is 10.5 Å². The van der Waals surface area contributed by atoms with Crippen LogP contribution >= 0.6 is 0 Å². The van der Waals surface area contributed by atoms with Gasteiger partial charge in [-0.3, -0.25) is 4.98 Å². The quantitative estimate of drug-likeness (QED) is 0.879. The van der Waals surface area contributed by atoms with Gasteiger partial charge in [-0.2, -0.15) is 13.2 Å². The van der Waals surface area contributed by atoms with Crippen molar-refractivity contribution in [1.29, 1.82) is 0 Å². The Labute approximate surface area is 112 Å². The molecule has 0 aliphatic heterocycles. The molecular formula is C13H10F4N2O. The summed E-state index contributed by atoms with van der Waals surface area (Å²) in [6.07, 6.45) is -1.91. The van der Waals surface area contributed by atoms with E-state index in [1.54, 1.807) is 0 Å². The van der Waals surface area contributed by atoms with Crippen LogP contribution in [0.5, 0.6) is 11.5 Å². The molecule has 0 spiro atoms. The van der Waals surface area contributed by atoms with Gasteiger partial charge in [-0.15, -0.1) is 0 Å². The van der Waals surface area contributed by atoms with Crippen LogP contribution in [0, 0.1) is 5.82 Å². The molecule has 0 fully saturated rings. The smallest absolute Gasteiger partial charge is 0.419 e. The lowest BCUT2D eigenvalue weighted by atomic mass is 10.2. The summed E-state index contributed by atoms with van der Waals surface area (Å²) in [4.78, 5) is 3.83. The van der Waals surface area contributed by atoms with Gasteiger partial charge in [0.05, 0.1) is 5.56 Å². The molecule has 7 heteroatoms. The molecule has 0 atom stereocenters. The van der Waals surface area contributed by atoms with E-state index in [1.807, 2.05) is 0 Å². The molecule has 3 nitrogen and oxygen atoms in total. The molecule has 0 saturated heterocycles. The van der Waals surface area contributed by atoms with Crippen molar-refractivity contribution in [2.24, 2.45) is 5.73 Å². The van der Waals surface area contributed by atoms with Crippen molar-refractivity contribution in [2.75, 3.05) is 0 Å². The highest BCUT2D eigenvalue weighted by molar-refractivity contribution is 5.38. The molecule has 0 amide bonds. The van der Waals surface area contributed by atoms with Crippen LogP contribution in [0.2, 0.25) is 0 Å². The van der Waals surface area contributed by atoms with Crippen molar-refractivity contribution in [2.45, 2.75) is 12.7 Å². The standard InChI is InChI=1S/C13H10F4N2O/c14-11-2-1-9(5-10(11)13(15,16)17)20-12-3-4-19-7-8(12)6-18/h1-5,7H,6,18H2. The van der Waals surface area contributed by atoms with Crippen LogP contribution in [-0.4, -0.2) is 4.98 Å². The van der Waals surface area contributed by atoms with E-state index in [1.165, 1.54) is 18.5 Å². The third-order valence-electron chi connectivity index (χ3n) is 2.55. The fourth-order valence-electron chi connectivity index (χ4n) is 1.58. The van der Waals surface area contributed by atoms with E-state index in [2.05, 4.69) is 4.98 Å². The van der Waals surface area contributed by atoms with Crippen LogP contribution in [0.15, 0.2) is 36.7 Å². The largest absolute Gasteiger partial charge is 0.457 e. The van der Waals surface area contributed by atoms with Crippen molar-refractivity contribution in [3.63, 3.8) is 0 Å². The van der Waals surface area contributed by atoms with Gasteiger partial charge in [0.2, 0.25) is 0 Å². The van der Waals surface area contributed by atoms with Crippen molar-refractivity contribution >= 4 is 0 Å². The second-order valence-electron chi connectivity index (χ2n) is 3.93. The normalized spacial score (nSPS) is 11.4. The Bertz CT molecular complexity index is 614. The van der Waals surface area contributed by atoms with Gasteiger partial charge in [0.1, 0.15) is 17.3 Å². The molecule has 2 N–H and O–H groups in total. The number of hydrogen-bond donors (Lipinski definition) is 1. The number of hydrogen-bond acceptors (Lipinski definition) is 3. The van der Waals surface area contributed by atoms with Crippen LogP contribution in [-0.2, 0) is 12.7 Å². The van der Waals surface area contributed by atoms with Crippen molar-refractivity contribution in [1.82, 2.24) is 4.98 Å². The second kappa shape index (κ2) is 5.46. The molecule has 2 aromatic rings. The first-order valence-corrected chi connectivity index (χ1v) is 5.59. The highest BCUT2D eigenvalue weighted by atomic mass is 19.4. The number of halogens is 4. The number of aromatic nitrogens is 1. The molecule has 0 aliphatic carbocycles. The lowest BCUT2D eigenvalue weighted by Gasteiger charge is -2.12. The molecule has 2 rings (SSSR count). The summed E-state index contributed by atoms with van der Waals surface area (Å²) in [5.74, 6) is -1.19. The number of alkyl halides is 3. The maximum Gasteiger partial charge on any atom is 0.419 e. The summed E-state index contributed by atoms with van der Waals surface area (Å²) >= 11 is 0. The molecular weight excluding hydrogens is 276 g/mol. The Kier molecular flexibility index (Phi) is 3.89. The van der Waals surface area contributed by atoms with E-state index in [0.717, 1.165) is 6.07 Å². The average Bonchev–Trinajstić information content (AvgIpc) is 2.40. The monoisotopic (exact) mass is 286 g/mol. The van der Waals surface area contributed by atoms with E-state index in [-0.39, 0.29) is 18.0 Å². The van der Waals surface area contributed by atoms with Gasteiger partial charge in [-0.05, 0) is 24.3 Å². The number of pyridine rings is 1. The van der Waals surface area contributed by atoms with Crippen molar-refractivity contribution < 1.29 is 22.3 Å². The lowest BCUT2D eigenvalue weighted by molar-refractivity contribution is -0.140. The number of ether oxygens (including phenoxy) is 1. The summed E-state index contributed by atoms with van der Waals surface area (Å²) in [7, 11) is 0. The first-order valence-electron chi connectivity index (χ1n) is 5.59. The second-order valence-corrected chi connectivity index (χ2v) is 3.93. The fourth-order valence-corrected chi connectivity index (χ4v) is 1.58. The SMILES string of the molecule is NCc1cnccc1Oc1ccc(F)c(C(F)(F)F)c1. The van der Waals surface area contributed by atoms with E-state index in [9.17, 15) is 17.6 Å². The average molecular weight is 286 g/mol. The third-order valence-corrected chi connectivity index (χ3v) is 2.55. The van der Waals surface area contributed by atoms with Crippen LogP contribution in [0.1, 0.15) is 11.1 Å². The molecule has 0 aliphatic rings. The van der Waals surface area contributed by atoms with Gasteiger partial charge in [-0.1, -0.05) is 0 Å².